The van der Waals surface area contributed by atoms with Crippen molar-refractivity contribution < 1.29 is 5.11 Å². The van der Waals surface area contributed by atoms with E-state index in [-0.39, 0.29) is 12.1 Å². The van der Waals surface area contributed by atoms with Crippen LogP contribution >= 0.6 is 0 Å². The van der Waals surface area contributed by atoms with E-state index in [4.69, 9.17) is 0 Å². The van der Waals surface area contributed by atoms with Crippen molar-refractivity contribution in [2.75, 3.05) is 26.2 Å². The third-order valence-electron chi connectivity index (χ3n) is 5.85. The summed E-state index contributed by atoms with van der Waals surface area (Å²) in [5.41, 5.74) is 0.546. The summed E-state index contributed by atoms with van der Waals surface area (Å²) in [6.45, 7) is 11.0. The Morgan fingerprint density at radius 3 is 2.43 bits per heavy atom. The quantitative estimate of drug-likeness (QED) is 0.642. The molecule has 1 aliphatic carbocycles. The highest BCUT2D eigenvalue weighted by atomic mass is 16.3. The Morgan fingerprint density at radius 1 is 1.24 bits per heavy atom. The lowest BCUT2D eigenvalue weighted by Crippen LogP contribution is -2.47. The zero-order valence-electron chi connectivity index (χ0n) is 14.5. The number of unbranched alkanes of at least 4 members (excludes halogenated alkanes) is 1. The number of likely N-dealkylation sites (tertiary alicyclic amines) is 1. The van der Waals surface area contributed by atoms with Gasteiger partial charge in [-0.25, -0.2) is 0 Å². The molecule has 1 aliphatic heterocycles. The van der Waals surface area contributed by atoms with Gasteiger partial charge in [0.15, 0.2) is 0 Å². The Labute approximate surface area is 131 Å². The van der Waals surface area contributed by atoms with Gasteiger partial charge in [0.25, 0.3) is 0 Å². The van der Waals surface area contributed by atoms with Gasteiger partial charge in [0, 0.05) is 11.6 Å². The van der Waals surface area contributed by atoms with Gasteiger partial charge < -0.3 is 15.3 Å². The normalized spacial score (nSPS) is 25.7. The second-order valence-corrected chi connectivity index (χ2v) is 8.10. The Balaban J connectivity index is 1.59. The summed E-state index contributed by atoms with van der Waals surface area (Å²) in [6, 6.07) is 0.677. The predicted molar refractivity (Wildman–Crippen MR) is 89.6 cm³/mol. The summed E-state index contributed by atoms with van der Waals surface area (Å²) in [4.78, 5) is 2.64. The van der Waals surface area contributed by atoms with E-state index in [1.807, 2.05) is 0 Å². The third-order valence-corrected chi connectivity index (χ3v) is 5.85. The summed E-state index contributed by atoms with van der Waals surface area (Å²) in [5, 5.41) is 13.2. The fourth-order valence-corrected chi connectivity index (χ4v) is 3.44. The zero-order valence-corrected chi connectivity index (χ0v) is 14.5. The maximum Gasteiger partial charge on any atom is 0.0610 e. The average Bonchev–Trinajstić information content (AvgIpc) is 3.29. The van der Waals surface area contributed by atoms with Crippen LogP contribution in [0, 0.1) is 5.41 Å². The Bertz CT molecular complexity index is 308. The van der Waals surface area contributed by atoms with Crippen LogP contribution in [0.2, 0.25) is 0 Å². The van der Waals surface area contributed by atoms with Gasteiger partial charge >= 0.3 is 0 Å². The smallest absolute Gasteiger partial charge is 0.0610 e. The molecular weight excluding hydrogens is 260 g/mol. The molecule has 1 unspecified atom stereocenters. The minimum absolute atomic E-state index is 0.0517. The van der Waals surface area contributed by atoms with Crippen molar-refractivity contribution in [3.63, 3.8) is 0 Å². The standard InChI is InChI=1S/C18H36N2O/c1-4-17(2)10-13-20(14-11-17)12-6-5-9-18(3,15-21)19-16-7-8-16/h16,19,21H,4-15H2,1-3H3. The number of rotatable bonds is 9. The lowest BCUT2D eigenvalue weighted by molar-refractivity contribution is 0.111. The fourth-order valence-electron chi connectivity index (χ4n) is 3.44. The maximum atomic E-state index is 9.62. The largest absolute Gasteiger partial charge is 0.394 e. The van der Waals surface area contributed by atoms with E-state index >= 15 is 0 Å². The molecule has 2 rings (SSSR count). The molecule has 0 aromatic rings. The van der Waals surface area contributed by atoms with Crippen molar-refractivity contribution >= 4 is 0 Å². The molecule has 0 aromatic carbocycles. The van der Waals surface area contributed by atoms with Gasteiger partial charge in [0.1, 0.15) is 0 Å². The van der Waals surface area contributed by atoms with Gasteiger partial charge in [0.2, 0.25) is 0 Å². The topological polar surface area (TPSA) is 35.5 Å². The van der Waals surface area contributed by atoms with Crippen molar-refractivity contribution in [1.82, 2.24) is 10.2 Å². The van der Waals surface area contributed by atoms with Crippen LogP contribution < -0.4 is 5.32 Å². The first-order chi connectivity index (χ1) is 9.99. The molecular formula is C18H36N2O. The summed E-state index contributed by atoms with van der Waals surface area (Å²) < 4.78 is 0. The summed E-state index contributed by atoms with van der Waals surface area (Å²) >= 11 is 0. The average molecular weight is 296 g/mol. The van der Waals surface area contributed by atoms with Crippen molar-refractivity contribution in [1.29, 1.82) is 0 Å². The Hall–Kier alpha value is -0.120. The molecule has 2 aliphatic rings. The molecule has 1 heterocycles. The molecule has 0 radical (unpaired) electrons. The van der Waals surface area contributed by atoms with E-state index in [0.29, 0.717) is 11.5 Å². The second kappa shape index (κ2) is 7.43. The summed E-state index contributed by atoms with van der Waals surface area (Å²) in [7, 11) is 0. The van der Waals surface area contributed by atoms with Crippen molar-refractivity contribution in [2.24, 2.45) is 5.41 Å². The molecule has 2 N–H and O–H groups in total. The summed E-state index contributed by atoms with van der Waals surface area (Å²) in [5.74, 6) is 0. The van der Waals surface area contributed by atoms with Crippen molar-refractivity contribution in [3.8, 4) is 0 Å². The molecule has 1 saturated carbocycles. The number of hydrogen-bond acceptors (Lipinski definition) is 3. The molecule has 0 bridgehead atoms. The van der Waals surface area contributed by atoms with Crippen LogP contribution in [0.15, 0.2) is 0 Å². The molecule has 3 heteroatoms. The van der Waals surface area contributed by atoms with E-state index in [1.54, 1.807) is 0 Å². The van der Waals surface area contributed by atoms with E-state index in [2.05, 4.69) is 31.0 Å². The molecule has 1 atom stereocenters. The minimum Gasteiger partial charge on any atom is -0.394 e. The molecule has 3 nitrogen and oxygen atoms in total. The number of nitrogens with zero attached hydrogens (tertiary/aromatic N) is 1. The highest BCUT2D eigenvalue weighted by molar-refractivity contribution is 4.92. The molecule has 0 spiro atoms. The van der Waals surface area contributed by atoms with Gasteiger partial charge in [-0.2, -0.15) is 0 Å². The van der Waals surface area contributed by atoms with Gasteiger partial charge in [-0.1, -0.05) is 26.7 Å². The number of hydrogen-bond donors (Lipinski definition) is 2. The maximum absolute atomic E-state index is 9.62. The highest BCUT2D eigenvalue weighted by Gasteiger charge is 2.31. The Kier molecular flexibility index (Phi) is 6.10. The first-order valence-electron chi connectivity index (χ1n) is 9.09. The summed E-state index contributed by atoms with van der Waals surface area (Å²) in [6.07, 6.45) is 10.2. The second-order valence-electron chi connectivity index (χ2n) is 8.10. The van der Waals surface area contributed by atoms with Gasteiger partial charge in [-0.3, -0.25) is 0 Å². The number of aliphatic hydroxyl groups is 1. The van der Waals surface area contributed by atoms with E-state index in [1.165, 1.54) is 64.6 Å². The molecule has 21 heavy (non-hydrogen) atoms. The van der Waals surface area contributed by atoms with Gasteiger partial charge in [-0.15, -0.1) is 0 Å². The molecule has 2 fully saturated rings. The molecule has 1 saturated heterocycles. The lowest BCUT2D eigenvalue weighted by atomic mass is 9.78. The molecule has 0 aromatic heterocycles. The lowest BCUT2D eigenvalue weighted by Gasteiger charge is -2.39. The SMILES string of the molecule is CCC1(C)CCN(CCCCC(C)(CO)NC2CC2)CC1. The molecule has 0 amide bonds. The van der Waals surface area contributed by atoms with E-state index in [9.17, 15) is 5.11 Å². The van der Waals surface area contributed by atoms with Crippen LogP contribution in [0.25, 0.3) is 0 Å². The van der Waals surface area contributed by atoms with E-state index in [0.717, 1.165) is 6.42 Å². The van der Waals surface area contributed by atoms with Crippen LogP contribution in [0.5, 0.6) is 0 Å². The van der Waals surface area contributed by atoms with E-state index < -0.39 is 0 Å². The van der Waals surface area contributed by atoms with Gasteiger partial charge in [0.05, 0.1) is 6.61 Å². The van der Waals surface area contributed by atoms with Crippen molar-refractivity contribution in [3.05, 3.63) is 0 Å². The number of nitrogens with one attached hydrogen (secondary N) is 1. The van der Waals surface area contributed by atoms with Crippen LogP contribution in [0.4, 0.5) is 0 Å². The molecule has 124 valence electrons. The number of aliphatic hydroxyl groups excluding tert-OH is 1. The predicted octanol–water partition coefficient (Wildman–Crippen LogP) is 3.17. The fraction of sp³-hybridized carbons (Fsp3) is 1.00. The third kappa shape index (κ3) is 5.54. The first kappa shape index (κ1) is 17.2. The Morgan fingerprint density at radius 2 is 1.90 bits per heavy atom. The van der Waals surface area contributed by atoms with Crippen LogP contribution in [0.1, 0.15) is 72.1 Å². The highest BCUT2D eigenvalue weighted by Crippen LogP contribution is 2.34. The van der Waals surface area contributed by atoms with Crippen molar-refractivity contribution in [2.45, 2.75) is 83.7 Å². The van der Waals surface area contributed by atoms with Crippen LogP contribution in [-0.4, -0.2) is 47.8 Å². The minimum atomic E-state index is -0.0517. The van der Waals surface area contributed by atoms with Gasteiger partial charge in [-0.05, 0) is 70.5 Å². The zero-order chi connectivity index (χ0) is 15.3. The van der Waals surface area contributed by atoms with Crippen LogP contribution in [0.3, 0.4) is 0 Å². The number of piperidine rings is 1. The van der Waals surface area contributed by atoms with Crippen LogP contribution in [-0.2, 0) is 0 Å². The monoisotopic (exact) mass is 296 g/mol. The first-order valence-corrected chi connectivity index (χ1v) is 9.09.